The maximum Gasteiger partial charge on any atom is 0.411 e. The highest BCUT2D eigenvalue weighted by molar-refractivity contribution is 5.82. The van der Waals surface area contributed by atoms with E-state index in [4.69, 9.17) is 19.2 Å². The second-order valence-electron chi connectivity index (χ2n) is 14.6. The lowest BCUT2D eigenvalue weighted by Crippen LogP contribution is -2.59. The van der Waals surface area contributed by atoms with Crippen molar-refractivity contribution in [1.29, 1.82) is 0 Å². The van der Waals surface area contributed by atoms with Crippen LogP contribution in [0.5, 0.6) is 0 Å². The van der Waals surface area contributed by atoms with Gasteiger partial charge in [-0.15, -0.1) is 0 Å². The summed E-state index contributed by atoms with van der Waals surface area (Å²) in [5.74, 6) is 0.777. The average molecular weight is 705 g/mol. The van der Waals surface area contributed by atoms with Gasteiger partial charge in [0, 0.05) is 77.0 Å². The van der Waals surface area contributed by atoms with E-state index in [2.05, 4.69) is 20.2 Å². The van der Waals surface area contributed by atoms with Crippen molar-refractivity contribution in [1.82, 2.24) is 29.7 Å². The van der Waals surface area contributed by atoms with Crippen molar-refractivity contribution in [3.8, 4) is 11.3 Å². The van der Waals surface area contributed by atoms with Gasteiger partial charge in [0.05, 0.1) is 12.8 Å². The van der Waals surface area contributed by atoms with Crippen LogP contribution in [0, 0.1) is 0 Å². The van der Waals surface area contributed by atoms with E-state index >= 15 is 0 Å². The number of carbonyl (C=O) groups excluding carboxylic acids is 3. The highest BCUT2D eigenvalue weighted by Crippen LogP contribution is 2.23. The molecule has 1 fully saturated rings. The number of hydrogen-bond donors (Lipinski definition) is 1. The van der Waals surface area contributed by atoms with E-state index < -0.39 is 29.3 Å². The molecule has 0 bridgehead atoms. The number of anilines is 3. The Hall–Kier alpha value is -4.98. The third-order valence-electron chi connectivity index (χ3n) is 7.94. The molecule has 0 radical (unpaired) electrons. The fourth-order valence-electron chi connectivity index (χ4n) is 5.43. The van der Waals surface area contributed by atoms with E-state index in [9.17, 15) is 14.4 Å². The van der Waals surface area contributed by atoms with Gasteiger partial charge in [-0.25, -0.2) is 29.3 Å². The lowest BCUT2D eigenvalue weighted by Gasteiger charge is -2.40. The van der Waals surface area contributed by atoms with Gasteiger partial charge >= 0.3 is 18.2 Å². The van der Waals surface area contributed by atoms with Gasteiger partial charge in [0.1, 0.15) is 23.1 Å². The fourth-order valence-corrected chi connectivity index (χ4v) is 5.43. The zero-order valence-corrected chi connectivity index (χ0v) is 31.3. The Bertz CT molecular complexity index is 1640. The topological polar surface area (TPSA) is 143 Å². The molecule has 1 unspecified atom stereocenters. The number of esters is 1. The number of nitrogens with zero attached hydrogens (tertiary/aromatic N) is 7. The molecular weight excluding hydrogens is 652 g/mol. The lowest BCUT2D eigenvalue weighted by atomic mass is 10.1. The summed E-state index contributed by atoms with van der Waals surface area (Å²) in [6, 6.07) is 12.9. The number of carbonyl (C=O) groups is 3. The SMILES string of the molecule is COC(=O)C1CN(Cc2cccc(Nc3nccc(-c4ccc(N(C)CCCN(C)C(=O)OC(C)(C)C)nc4)n3)c2)CCN1C(=O)OC(C)(C)C. The van der Waals surface area contributed by atoms with Crippen LogP contribution in [-0.4, -0.2) is 119 Å². The second kappa shape index (κ2) is 16.8. The van der Waals surface area contributed by atoms with Gasteiger partial charge in [-0.05, 0) is 83.9 Å². The first-order chi connectivity index (χ1) is 24.0. The molecule has 1 N–H and O–H groups in total. The number of rotatable bonds is 11. The number of ether oxygens (including phenoxy) is 3. The number of aromatic nitrogens is 3. The molecule has 276 valence electrons. The minimum Gasteiger partial charge on any atom is -0.467 e. The largest absolute Gasteiger partial charge is 0.467 e. The summed E-state index contributed by atoms with van der Waals surface area (Å²) < 4.78 is 16.0. The van der Waals surface area contributed by atoms with Crippen LogP contribution in [0.15, 0.2) is 54.9 Å². The van der Waals surface area contributed by atoms with E-state index in [0.29, 0.717) is 45.2 Å². The molecule has 0 saturated carbocycles. The fraction of sp³-hybridized carbons (Fsp3) is 0.514. The maximum absolute atomic E-state index is 12.8. The standard InChI is InChI=1S/C37H52N8O6/c1-36(2,3)50-34(47)43(8)19-11-18-42(7)31-15-14-27(23-39-31)29-16-17-38-33(41-29)40-28-13-10-12-26(22-28)24-44-20-21-45(30(25-44)32(46)49-9)35(48)51-37(4,5)6/h10,12-17,22-23,30H,11,18-21,24-25H2,1-9H3,(H,38,40,41). The first-order valence-electron chi connectivity index (χ1n) is 17.1. The molecule has 1 aliphatic heterocycles. The number of pyridine rings is 1. The van der Waals surface area contributed by atoms with Gasteiger partial charge in [0.2, 0.25) is 5.95 Å². The molecule has 0 spiro atoms. The molecular formula is C37H52N8O6. The van der Waals surface area contributed by atoms with Crippen molar-refractivity contribution in [3.63, 3.8) is 0 Å². The quantitative estimate of drug-likeness (QED) is 0.197. The van der Waals surface area contributed by atoms with Gasteiger partial charge < -0.3 is 29.3 Å². The summed E-state index contributed by atoms with van der Waals surface area (Å²) in [6.07, 6.45) is 3.39. The van der Waals surface area contributed by atoms with Crippen molar-refractivity contribution in [2.24, 2.45) is 0 Å². The number of piperazine rings is 1. The van der Waals surface area contributed by atoms with Crippen molar-refractivity contribution in [2.45, 2.75) is 71.8 Å². The number of nitrogens with one attached hydrogen (secondary N) is 1. The lowest BCUT2D eigenvalue weighted by molar-refractivity contribution is -0.149. The molecule has 2 aromatic heterocycles. The van der Waals surface area contributed by atoms with Crippen LogP contribution in [0.2, 0.25) is 0 Å². The summed E-state index contributed by atoms with van der Waals surface area (Å²) in [5.41, 5.74) is 2.21. The normalized spacial score (nSPS) is 15.2. The van der Waals surface area contributed by atoms with Crippen LogP contribution >= 0.6 is 0 Å². The minimum absolute atomic E-state index is 0.322. The molecule has 1 aliphatic rings. The van der Waals surface area contributed by atoms with Crippen LogP contribution in [0.3, 0.4) is 0 Å². The summed E-state index contributed by atoms with van der Waals surface area (Å²) >= 11 is 0. The van der Waals surface area contributed by atoms with Crippen molar-refractivity contribution in [2.75, 3.05) is 64.1 Å². The van der Waals surface area contributed by atoms with E-state index in [0.717, 1.165) is 34.7 Å². The van der Waals surface area contributed by atoms with Crippen molar-refractivity contribution >= 4 is 35.6 Å². The van der Waals surface area contributed by atoms with Crippen LogP contribution in [0.4, 0.5) is 27.0 Å². The minimum atomic E-state index is -0.766. The molecule has 1 aromatic carbocycles. The molecule has 2 amide bonds. The van der Waals surface area contributed by atoms with E-state index in [1.807, 2.05) is 75.2 Å². The molecule has 14 heteroatoms. The summed E-state index contributed by atoms with van der Waals surface area (Å²) in [7, 11) is 5.03. The Morgan fingerprint density at radius 3 is 2.35 bits per heavy atom. The average Bonchev–Trinajstić information content (AvgIpc) is 3.06. The first-order valence-corrected chi connectivity index (χ1v) is 17.1. The zero-order valence-electron chi connectivity index (χ0n) is 31.3. The van der Waals surface area contributed by atoms with Crippen LogP contribution in [0.1, 0.15) is 53.5 Å². The molecule has 1 atom stereocenters. The number of hydrogen-bond acceptors (Lipinski definition) is 12. The number of benzene rings is 1. The Balaban J connectivity index is 1.33. The Morgan fingerprint density at radius 2 is 1.69 bits per heavy atom. The highest BCUT2D eigenvalue weighted by atomic mass is 16.6. The monoisotopic (exact) mass is 704 g/mol. The smallest absolute Gasteiger partial charge is 0.411 e. The Kier molecular flexibility index (Phi) is 12.8. The maximum atomic E-state index is 12.8. The van der Waals surface area contributed by atoms with Gasteiger partial charge in [-0.1, -0.05) is 12.1 Å². The molecule has 51 heavy (non-hydrogen) atoms. The highest BCUT2D eigenvalue weighted by Gasteiger charge is 2.38. The second-order valence-corrected chi connectivity index (χ2v) is 14.6. The van der Waals surface area contributed by atoms with E-state index in [1.165, 1.54) is 12.0 Å². The molecule has 14 nitrogen and oxygen atoms in total. The van der Waals surface area contributed by atoms with Crippen LogP contribution in [0.25, 0.3) is 11.3 Å². The van der Waals surface area contributed by atoms with Gasteiger partial charge in [0.15, 0.2) is 0 Å². The van der Waals surface area contributed by atoms with E-state index in [1.54, 1.807) is 45.1 Å². The number of amides is 2. The Morgan fingerprint density at radius 1 is 0.941 bits per heavy atom. The zero-order chi connectivity index (χ0) is 37.3. The van der Waals surface area contributed by atoms with Crippen molar-refractivity contribution < 1.29 is 28.6 Å². The molecule has 3 aromatic rings. The predicted octanol–water partition coefficient (Wildman–Crippen LogP) is 5.57. The van der Waals surface area contributed by atoms with Gasteiger partial charge in [-0.2, -0.15) is 0 Å². The van der Waals surface area contributed by atoms with Crippen molar-refractivity contribution in [3.05, 3.63) is 60.4 Å². The first kappa shape index (κ1) is 38.8. The molecule has 0 aliphatic carbocycles. The van der Waals surface area contributed by atoms with Crippen LogP contribution < -0.4 is 10.2 Å². The molecule has 3 heterocycles. The van der Waals surface area contributed by atoms with E-state index in [-0.39, 0.29) is 6.09 Å². The third kappa shape index (κ3) is 11.8. The van der Waals surface area contributed by atoms with Gasteiger partial charge in [0.25, 0.3) is 0 Å². The third-order valence-corrected chi connectivity index (χ3v) is 7.94. The Labute approximate surface area is 301 Å². The number of methoxy groups -OCH3 is 1. The van der Waals surface area contributed by atoms with Gasteiger partial charge in [-0.3, -0.25) is 9.80 Å². The summed E-state index contributed by atoms with van der Waals surface area (Å²) in [5, 5.41) is 3.30. The molecule has 4 rings (SSSR count). The van der Waals surface area contributed by atoms with Crippen LogP contribution in [-0.2, 0) is 25.5 Å². The summed E-state index contributed by atoms with van der Waals surface area (Å²) in [4.78, 5) is 58.7. The summed E-state index contributed by atoms with van der Waals surface area (Å²) in [6.45, 7) is 14.0. The molecule has 1 saturated heterocycles. The predicted molar refractivity (Wildman–Crippen MR) is 196 cm³/mol.